The third kappa shape index (κ3) is 2.77. The lowest BCUT2D eigenvalue weighted by atomic mass is 10.1. The van der Waals surface area contributed by atoms with Crippen LogP contribution in [-0.4, -0.2) is 15.9 Å². The number of amides is 1. The molecule has 0 saturated heterocycles. The quantitative estimate of drug-likeness (QED) is 0.693. The summed E-state index contributed by atoms with van der Waals surface area (Å²) >= 11 is 11.9. The van der Waals surface area contributed by atoms with Crippen molar-refractivity contribution in [2.45, 2.75) is 13.5 Å². The van der Waals surface area contributed by atoms with Gasteiger partial charge in [0.1, 0.15) is 0 Å². The zero-order chi connectivity index (χ0) is 15.0. The first-order valence-corrected chi connectivity index (χ1v) is 7.07. The lowest BCUT2D eigenvalue weighted by molar-refractivity contribution is -0.116. The molecule has 0 N–H and O–H groups in total. The molecule has 0 radical (unpaired) electrons. The Bertz CT molecular complexity index is 759. The number of anilines is 1. The molecule has 0 fully saturated rings. The molecule has 6 heteroatoms. The highest BCUT2D eigenvalue weighted by atomic mass is 35.5. The van der Waals surface area contributed by atoms with Gasteiger partial charge < -0.3 is 4.90 Å². The van der Waals surface area contributed by atoms with E-state index in [0.717, 1.165) is 16.8 Å². The Balaban J connectivity index is 2.21. The predicted octanol–water partition coefficient (Wildman–Crippen LogP) is 3.82. The van der Waals surface area contributed by atoms with Gasteiger partial charge in [0.15, 0.2) is 0 Å². The van der Waals surface area contributed by atoms with Gasteiger partial charge in [-0.05, 0) is 35.4 Å². The summed E-state index contributed by atoms with van der Waals surface area (Å²) in [5, 5.41) is 0.770. The number of nitrogens with zero attached hydrogens (tertiary/aromatic N) is 3. The smallest absolute Gasteiger partial charge is 0.224 e. The van der Waals surface area contributed by atoms with Gasteiger partial charge in [0.05, 0.1) is 17.9 Å². The minimum atomic E-state index is -0.0743. The van der Waals surface area contributed by atoms with Crippen LogP contribution in [0.2, 0.25) is 10.3 Å². The van der Waals surface area contributed by atoms with Crippen molar-refractivity contribution in [3.63, 3.8) is 0 Å². The Morgan fingerprint density at radius 3 is 2.86 bits per heavy atom. The average Bonchev–Trinajstić information content (AvgIpc) is 2.42. The molecule has 1 aromatic carbocycles. The number of rotatable bonds is 0. The number of aromatic nitrogens is 2. The van der Waals surface area contributed by atoms with Crippen LogP contribution in [0.3, 0.4) is 0 Å². The van der Waals surface area contributed by atoms with Crippen LogP contribution in [0.4, 0.5) is 5.69 Å². The number of fused-ring (bicyclic) bond motifs is 2. The van der Waals surface area contributed by atoms with Gasteiger partial charge in [-0.2, -0.15) is 0 Å². The monoisotopic (exact) mass is 319 g/mol. The van der Waals surface area contributed by atoms with Gasteiger partial charge in [0.2, 0.25) is 11.2 Å². The van der Waals surface area contributed by atoms with Crippen molar-refractivity contribution in [1.82, 2.24) is 9.97 Å². The van der Waals surface area contributed by atoms with Gasteiger partial charge in [0, 0.05) is 23.7 Å². The molecule has 3 rings (SSSR count). The first-order chi connectivity index (χ1) is 10.0. The fourth-order valence-corrected chi connectivity index (χ4v) is 2.57. The Morgan fingerprint density at radius 1 is 1.29 bits per heavy atom. The Morgan fingerprint density at radius 2 is 2.10 bits per heavy atom. The van der Waals surface area contributed by atoms with E-state index in [0.29, 0.717) is 17.3 Å². The van der Waals surface area contributed by atoms with E-state index in [1.54, 1.807) is 23.2 Å². The van der Waals surface area contributed by atoms with E-state index in [4.69, 9.17) is 23.2 Å². The second kappa shape index (κ2) is 5.47. The molecule has 4 nitrogen and oxygen atoms in total. The maximum atomic E-state index is 12.0. The molecule has 0 aliphatic carbocycles. The summed E-state index contributed by atoms with van der Waals surface area (Å²) in [7, 11) is 0. The van der Waals surface area contributed by atoms with Crippen LogP contribution in [0.25, 0.3) is 12.2 Å². The van der Waals surface area contributed by atoms with Crippen LogP contribution in [0.15, 0.2) is 24.4 Å². The highest BCUT2D eigenvalue weighted by molar-refractivity contribution is 6.31. The van der Waals surface area contributed by atoms with E-state index < -0.39 is 0 Å². The summed E-state index contributed by atoms with van der Waals surface area (Å²) in [6.45, 7) is 1.89. The zero-order valence-electron chi connectivity index (χ0n) is 11.2. The summed E-state index contributed by atoms with van der Waals surface area (Å²) in [6, 6.07) is 5.45. The molecule has 1 aliphatic rings. The molecule has 1 aliphatic heterocycles. The van der Waals surface area contributed by atoms with Crippen LogP contribution >= 0.6 is 23.2 Å². The van der Waals surface area contributed by atoms with Gasteiger partial charge >= 0.3 is 0 Å². The lowest BCUT2D eigenvalue weighted by Gasteiger charge is -2.25. The van der Waals surface area contributed by atoms with Crippen molar-refractivity contribution in [3.05, 3.63) is 51.5 Å². The third-order valence-corrected chi connectivity index (χ3v) is 3.70. The van der Waals surface area contributed by atoms with Crippen molar-refractivity contribution < 1.29 is 4.79 Å². The summed E-state index contributed by atoms with van der Waals surface area (Å²) < 4.78 is 0. The van der Waals surface area contributed by atoms with Crippen molar-refractivity contribution in [2.24, 2.45) is 0 Å². The van der Waals surface area contributed by atoms with Crippen LogP contribution in [0.1, 0.15) is 23.7 Å². The number of carbonyl (C=O) groups is 1. The predicted molar refractivity (Wildman–Crippen MR) is 84.3 cm³/mol. The second-order valence-corrected chi connectivity index (χ2v) is 5.47. The molecule has 0 atom stereocenters. The van der Waals surface area contributed by atoms with Crippen molar-refractivity contribution in [3.8, 4) is 0 Å². The first-order valence-electron chi connectivity index (χ1n) is 6.32. The number of hydrogen-bond donors (Lipinski definition) is 0. The van der Waals surface area contributed by atoms with E-state index in [1.165, 1.54) is 6.92 Å². The zero-order valence-corrected chi connectivity index (χ0v) is 12.7. The largest absolute Gasteiger partial charge is 0.307 e. The number of hydrogen-bond acceptors (Lipinski definition) is 3. The van der Waals surface area contributed by atoms with Gasteiger partial charge in [-0.3, -0.25) is 4.79 Å². The summed E-state index contributed by atoms with van der Waals surface area (Å²) in [6.07, 6.45) is 5.40. The molecule has 0 saturated carbocycles. The van der Waals surface area contributed by atoms with Crippen molar-refractivity contribution in [1.29, 1.82) is 0 Å². The van der Waals surface area contributed by atoms with Gasteiger partial charge in [-0.25, -0.2) is 9.97 Å². The van der Waals surface area contributed by atoms with Crippen LogP contribution in [0.5, 0.6) is 0 Å². The van der Waals surface area contributed by atoms with Crippen molar-refractivity contribution >= 4 is 46.9 Å². The molecule has 0 unspecified atom stereocenters. The van der Waals surface area contributed by atoms with E-state index in [9.17, 15) is 4.79 Å². The molecule has 2 aromatic rings. The fourth-order valence-electron chi connectivity index (χ4n) is 2.26. The molecule has 0 bridgehead atoms. The summed E-state index contributed by atoms with van der Waals surface area (Å²) in [4.78, 5) is 21.9. The average molecular weight is 320 g/mol. The van der Waals surface area contributed by atoms with E-state index >= 15 is 0 Å². The highest BCUT2D eigenvalue weighted by Crippen LogP contribution is 2.30. The SMILES string of the molecule is CC(=O)N1Cc2cnc(Cl)nc2C=Cc2ccc(Cl)cc21. The highest BCUT2D eigenvalue weighted by Gasteiger charge is 2.19. The van der Waals surface area contributed by atoms with Crippen molar-refractivity contribution in [2.75, 3.05) is 4.90 Å². The molecule has 1 aromatic heterocycles. The maximum absolute atomic E-state index is 12.0. The Labute approximate surface area is 132 Å². The molecule has 1 amide bonds. The van der Waals surface area contributed by atoms with Crippen LogP contribution < -0.4 is 4.90 Å². The first kappa shape index (κ1) is 14.0. The molecule has 21 heavy (non-hydrogen) atoms. The fraction of sp³-hybridized carbons (Fsp3) is 0.133. The summed E-state index contributed by atoms with van der Waals surface area (Å²) in [5.41, 5.74) is 3.21. The molecular weight excluding hydrogens is 309 g/mol. The molecule has 106 valence electrons. The van der Waals surface area contributed by atoms with E-state index in [-0.39, 0.29) is 11.2 Å². The minimum Gasteiger partial charge on any atom is -0.307 e. The van der Waals surface area contributed by atoms with Crippen LogP contribution in [0, 0.1) is 0 Å². The topological polar surface area (TPSA) is 46.1 Å². The lowest BCUT2D eigenvalue weighted by Crippen LogP contribution is -2.29. The third-order valence-electron chi connectivity index (χ3n) is 3.28. The van der Waals surface area contributed by atoms with E-state index in [2.05, 4.69) is 9.97 Å². The molecule has 2 heterocycles. The van der Waals surface area contributed by atoms with Gasteiger partial charge in [-0.15, -0.1) is 0 Å². The standard InChI is InChI=1S/C15H11Cl2N3O/c1-9(21)20-8-11-7-18-15(17)19-13(11)5-3-10-2-4-12(16)6-14(10)20/h2-7H,8H2,1H3. The second-order valence-electron chi connectivity index (χ2n) is 4.69. The maximum Gasteiger partial charge on any atom is 0.224 e. The number of halogens is 2. The van der Waals surface area contributed by atoms with Gasteiger partial charge in [-0.1, -0.05) is 23.7 Å². The van der Waals surface area contributed by atoms with Gasteiger partial charge in [0.25, 0.3) is 0 Å². The number of benzene rings is 1. The number of carbonyl (C=O) groups excluding carboxylic acids is 1. The normalized spacial score (nSPS) is 13.2. The molecular formula is C15H11Cl2N3O. The Kier molecular flexibility index (Phi) is 3.66. The Hall–Kier alpha value is -1.91. The summed E-state index contributed by atoms with van der Waals surface area (Å²) in [5.74, 6) is -0.0743. The minimum absolute atomic E-state index is 0.0743. The molecule has 0 spiro atoms. The van der Waals surface area contributed by atoms with Crippen LogP contribution in [-0.2, 0) is 11.3 Å². The van der Waals surface area contributed by atoms with E-state index in [1.807, 2.05) is 18.2 Å².